The van der Waals surface area contributed by atoms with E-state index in [1.165, 1.54) is 0 Å². The summed E-state index contributed by atoms with van der Waals surface area (Å²) >= 11 is 5.95. The van der Waals surface area contributed by atoms with E-state index in [1.54, 1.807) is 18.3 Å². The Kier molecular flexibility index (Phi) is 6.62. The molecule has 24 heavy (non-hydrogen) atoms. The predicted octanol–water partition coefficient (Wildman–Crippen LogP) is 4.92. The van der Waals surface area contributed by atoms with Crippen LogP contribution in [0, 0.1) is 6.92 Å². The molecular weight excluding hydrogens is 322 g/mol. The van der Waals surface area contributed by atoms with Gasteiger partial charge < -0.3 is 10.2 Å². The summed E-state index contributed by atoms with van der Waals surface area (Å²) in [4.78, 5) is 19.0. The second-order valence-electron chi connectivity index (χ2n) is 5.80. The molecule has 1 amide bonds. The first-order chi connectivity index (χ1) is 11.5. The molecule has 0 spiro atoms. The van der Waals surface area contributed by atoms with E-state index in [9.17, 15) is 4.79 Å². The molecule has 1 heterocycles. The molecule has 1 aromatic heterocycles. The number of nitrogens with zero attached hydrogens (tertiary/aromatic N) is 2. The van der Waals surface area contributed by atoms with E-state index in [-0.39, 0.29) is 5.91 Å². The van der Waals surface area contributed by atoms with Crippen LogP contribution in [0.3, 0.4) is 0 Å². The first-order valence-electron chi connectivity index (χ1n) is 8.33. The number of halogens is 1. The number of carbonyl (C=O) groups is 1. The Morgan fingerprint density at radius 1 is 1.17 bits per heavy atom. The maximum atomic E-state index is 12.5. The van der Waals surface area contributed by atoms with Crippen molar-refractivity contribution >= 4 is 28.9 Å². The quantitative estimate of drug-likeness (QED) is 0.774. The monoisotopic (exact) mass is 345 g/mol. The van der Waals surface area contributed by atoms with Gasteiger partial charge in [0.1, 0.15) is 5.69 Å². The summed E-state index contributed by atoms with van der Waals surface area (Å²) in [6.07, 6.45) is 3.82. The molecule has 0 fully saturated rings. The van der Waals surface area contributed by atoms with E-state index in [2.05, 4.69) is 29.0 Å². The number of benzene rings is 1. The fraction of sp³-hybridized carbons (Fsp3) is 0.368. The van der Waals surface area contributed by atoms with Crippen molar-refractivity contribution in [2.24, 2.45) is 0 Å². The number of carbonyl (C=O) groups excluding carboxylic acids is 1. The van der Waals surface area contributed by atoms with Crippen molar-refractivity contribution in [1.82, 2.24) is 4.98 Å². The summed E-state index contributed by atoms with van der Waals surface area (Å²) in [7, 11) is 0. The van der Waals surface area contributed by atoms with E-state index in [4.69, 9.17) is 11.6 Å². The highest BCUT2D eigenvalue weighted by molar-refractivity contribution is 6.30. The molecule has 2 rings (SSSR count). The largest absolute Gasteiger partial charge is 0.371 e. The van der Waals surface area contributed by atoms with Gasteiger partial charge in [0.2, 0.25) is 0 Å². The van der Waals surface area contributed by atoms with Gasteiger partial charge in [-0.15, -0.1) is 0 Å². The number of nitrogens with one attached hydrogen (secondary N) is 1. The second-order valence-corrected chi connectivity index (χ2v) is 6.24. The number of hydrogen-bond donors (Lipinski definition) is 1. The molecule has 0 aliphatic carbocycles. The molecule has 0 aliphatic rings. The van der Waals surface area contributed by atoms with E-state index >= 15 is 0 Å². The minimum absolute atomic E-state index is 0.213. The van der Waals surface area contributed by atoms with Gasteiger partial charge in [-0.3, -0.25) is 9.78 Å². The summed E-state index contributed by atoms with van der Waals surface area (Å²) in [5, 5.41) is 3.56. The predicted molar refractivity (Wildman–Crippen MR) is 101 cm³/mol. The van der Waals surface area contributed by atoms with Crippen molar-refractivity contribution in [1.29, 1.82) is 0 Å². The van der Waals surface area contributed by atoms with E-state index in [0.29, 0.717) is 10.7 Å². The number of aromatic nitrogens is 1. The smallest absolute Gasteiger partial charge is 0.274 e. The molecular formula is C19H24ClN3O. The van der Waals surface area contributed by atoms with Crippen molar-refractivity contribution < 1.29 is 4.79 Å². The van der Waals surface area contributed by atoms with Crippen LogP contribution >= 0.6 is 11.6 Å². The highest BCUT2D eigenvalue weighted by Crippen LogP contribution is 2.21. The van der Waals surface area contributed by atoms with E-state index in [0.717, 1.165) is 42.9 Å². The fourth-order valence-corrected chi connectivity index (χ4v) is 2.83. The van der Waals surface area contributed by atoms with Crippen molar-refractivity contribution in [3.63, 3.8) is 0 Å². The van der Waals surface area contributed by atoms with Crippen LogP contribution in [0.4, 0.5) is 11.4 Å². The molecule has 0 bridgehead atoms. The molecule has 0 saturated heterocycles. The van der Waals surface area contributed by atoms with Gasteiger partial charge in [0.05, 0.1) is 0 Å². The van der Waals surface area contributed by atoms with Gasteiger partial charge in [0.25, 0.3) is 5.91 Å². The number of hydrogen-bond acceptors (Lipinski definition) is 3. The van der Waals surface area contributed by atoms with Crippen LogP contribution in [-0.4, -0.2) is 24.0 Å². The average Bonchev–Trinajstić information content (AvgIpc) is 2.57. The Morgan fingerprint density at radius 3 is 2.50 bits per heavy atom. The Bertz CT molecular complexity index is 697. The highest BCUT2D eigenvalue weighted by Gasteiger charge is 2.12. The Balaban J connectivity index is 2.19. The lowest BCUT2D eigenvalue weighted by Crippen LogP contribution is -2.25. The lowest BCUT2D eigenvalue weighted by atomic mass is 10.2. The van der Waals surface area contributed by atoms with Crippen LogP contribution in [0.15, 0.2) is 36.5 Å². The number of aryl methyl sites for hydroxylation is 1. The SMILES string of the molecule is CCCN(CCC)c1ccnc(C(=O)Nc2ccc(Cl)cc2C)c1. The molecule has 5 heteroatoms. The summed E-state index contributed by atoms with van der Waals surface area (Å²) in [6, 6.07) is 9.20. The summed E-state index contributed by atoms with van der Waals surface area (Å²) < 4.78 is 0. The Labute approximate surface area is 148 Å². The number of amides is 1. The van der Waals surface area contributed by atoms with Crippen LogP contribution < -0.4 is 10.2 Å². The summed E-state index contributed by atoms with van der Waals surface area (Å²) in [6.45, 7) is 8.15. The standard InChI is InChI=1S/C19H24ClN3O/c1-4-10-23(11-5-2)16-8-9-21-18(13-16)19(24)22-17-7-6-15(20)12-14(17)3/h6-9,12-13H,4-5,10-11H2,1-3H3,(H,22,24). The topological polar surface area (TPSA) is 45.2 Å². The van der Waals surface area contributed by atoms with Gasteiger partial charge in [-0.1, -0.05) is 25.4 Å². The fourth-order valence-electron chi connectivity index (χ4n) is 2.60. The molecule has 2 aromatic rings. The zero-order valence-corrected chi connectivity index (χ0v) is 15.2. The molecule has 0 atom stereocenters. The molecule has 0 aliphatic heterocycles. The lowest BCUT2D eigenvalue weighted by molar-refractivity contribution is 0.102. The van der Waals surface area contributed by atoms with Crippen molar-refractivity contribution in [2.45, 2.75) is 33.6 Å². The van der Waals surface area contributed by atoms with Crippen LogP contribution in [0.2, 0.25) is 5.02 Å². The molecule has 4 nitrogen and oxygen atoms in total. The van der Waals surface area contributed by atoms with Crippen molar-refractivity contribution in [3.05, 3.63) is 52.8 Å². The average molecular weight is 346 g/mol. The maximum absolute atomic E-state index is 12.5. The van der Waals surface area contributed by atoms with Crippen LogP contribution in [0.1, 0.15) is 42.7 Å². The van der Waals surface area contributed by atoms with Crippen LogP contribution in [-0.2, 0) is 0 Å². The molecule has 1 aromatic carbocycles. The van der Waals surface area contributed by atoms with Crippen LogP contribution in [0.5, 0.6) is 0 Å². The van der Waals surface area contributed by atoms with E-state index < -0.39 is 0 Å². The van der Waals surface area contributed by atoms with Crippen LogP contribution in [0.25, 0.3) is 0 Å². The zero-order chi connectivity index (χ0) is 17.5. The van der Waals surface area contributed by atoms with Gasteiger partial charge in [-0.25, -0.2) is 0 Å². The van der Waals surface area contributed by atoms with Gasteiger partial charge in [-0.05, 0) is 55.7 Å². The Morgan fingerprint density at radius 2 is 1.88 bits per heavy atom. The molecule has 128 valence electrons. The number of pyridine rings is 1. The first-order valence-corrected chi connectivity index (χ1v) is 8.71. The third kappa shape index (κ3) is 4.71. The molecule has 1 N–H and O–H groups in total. The molecule has 0 unspecified atom stereocenters. The highest BCUT2D eigenvalue weighted by atomic mass is 35.5. The van der Waals surface area contributed by atoms with Gasteiger partial charge in [-0.2, -0.15) is 0 Å². The zero-order valence-electron chi connectivity index (χ0n) is 14.5. The van der Waals surface area contributed by atoms with Gasteiger partial charge >= 0.3 is 0 Å². The van der Waals surface area contributed by atoms with Crippen molar-refractivity contribution in [2.75, 3.05) is 23.3 Å². The second kappa shape index (κ2) is 8.69. The summed E-state index contributed by atoms with van der Waals surface area (Å²) in [5.41, 5.74) is 3.12. The lowest BCUT2D eigenvalue weighted by Gasteiger charge is -2.24. The third-order valence-electron chi connectivity index (χ3n) is 3.77. The maximum Gasteiger partial charge on any atom is 0.274 e. The first kappa shape index (κ1) is 18.3. The Hall–Kier alpha value is -2.07. The normalized spacial score (nSPS) is 10.5. The van der Waals surface area contributed by atoms with Crippen molar-refractivity contribution in [3.8, 4) is 0 Å². The third-order valence-corrected chi connectivity index (χ3v) is 4.00. The molecule has 0 radical (unpaired) electrons. The van der Waals surface area contributed by atoms with Gasteiger partial charge in [0, 0.05) is 35.7 Å². The molecule has 0 saturated carbocycles. The minimum Gasteiger partial charge on any atom is -0.371 e. The minimum atomic E-state index is -0.213. The van der Waals surface area contributed by atoms with Gasteiger partial charge in [0.15, 0.2) is 0 Å². The summed E-state index contributed by atoms with van der Waals surface area (Å²) in [5.74, 6) is -0.213. The number of anilines is 2. The van der Waals surface area contributed by atoms with E-state index in [1.807, 2.05) is 25.1 Å². The number of rotatable bonds is 7.